The minimum atomic E-state index is -1.68. The number of amides is 1. The fourth-order valence-electron chi connectivity index (χ4n) is 8.89. The Bertz CT molecular complexity index is 2280. The highest BCUT2D eigenvalue weighted by molar-refractivity contribution is 6.05. The second-order valence-electron chi connectivity index (χ2n) is 15.7. The van der Waals surface area contributed by atoms with E-state index in [4.69, 9.17) is 16.1 Å². The molecule has 4 aromatic rings. The van der Waals surface area contributed by atoms with Gasteiger partial charge in [0.2, 0.25) is 5.91 Å². The maximum absolute atomic E-state index is 17.7. The number of aromatic hydroxyl groups is 1. The molecule has 0 aliphatic carbocycles. The number of halogens is 2. The first-order chi connectivity index (χ1) is 25.6. The predicted octanol–water partition coefficient (Wildman–Crippen LogP) is 6.40. The highest BCUT2D eigenvalue weighted by Gasteiger charge is 2.47. The Labute approximate surface area is 313 Å². The number of hydrogen-bond donors (Lipinski definition) is 2. The number of phenols is 1. The Balaban J connectivity index is 1.46. The van der Waals surface area contributed by atoms with Crippen LogP contribution in [0.3, 0.4) is 0 Å². The van der Waals surface area contributed by atoms with Crippen LogP contribution in [0.25, 0.3) is 32.8 Å². The first kappa shape index (κ1) is 37.0. The van der Waals surface area contributed by atoms with Crippen molar-refractivity contribution in [3.8, 4) is 41.3 Å². The lowest BCUT2D eigenvalue weighted by Gasteiger charge is -2.35. The van der Waals surface area contributed by atoms with E-state index in [0.29, 0.717) is 25.0 Å². The minimum absolute atomic E-state index is 0.0667. The third-order valence-electron chi connectivity index (χ3n) is 11.8. The number of aromatic nitrogens is 2. The molecule has 3 aliphatic heterocycles. The van der Waals surface area contributed by atoms with Crippen LogP contribution in [0, 0.1) is 40.7 Å². The number of anilines is 1. The van der Waals surface area contributed by atoms with Crippen LogP contribution in [0.15, 0.2) is 43.0 Å². The van der Waals surface area contributed by atoms with E-state index in [1.54, 1.807) is 22.9 Å². The zero-order valence-corrected chi connectivity index (χ0v) is 31.0. The first-order valence-electron chi connectivity index (χ1n) is 18.3. The van der Waals surface area contributed by atoms with Crippen molar-refractivity contribution >= 4 is 33.4 Å². The average molecular weight is 735 g/mol. The summed E-state index contributed by atoms with van der Waals surface area (Å²) >= 11 is 0. The number of likely N-dealkylation sites (tertiary alicyclic amines) is 1. The number of ether oxygens (including phenoxy) is 1. The van der Waals surface area contributed by atoms with E-state index in [-0.39, 0.29) is 74.1 Å². The molecule has 54 heavy (non-hydrogen) atoms. The van der Waals surface area contributed by atoms with E-state index in [1.165, 1.54) is 44.2 Å². The Morgan fingerprint density at radius 1 is 1.19 bits per heavy atom. The number of terminal acetylenes is 1. The van der Waals surface area contributed by atoms with E-state index in [9.17, 15) is 20.3 Å². The standard InChI is InChI=1S/C42H44F2N6O4/c1-7-27-31(43)12-11-25-19-26(51)20-28(34(25)27)35-30(40(3,4)53)21-29-37(36(35)44)46-39(54-24-42-13-9-16-49(42)17-10-14-42)47-38(29)48(6)22-32-41(5,23-45)15-18-50(32)33(52)8-2/h1,8,11-12,19-21,32,51,53H,2,9-10,13-18,22,24H2,3-6H3/t32-,41?/m1/s1. The second-order valence-corrected chi connectivity index (χ2v) is 15.7. The van der Waals surface area contributed by atoms with Crippen LogP contribution in [0.4, 0.5) is 14.6 Å². The molecule has 0 spiro atoms. The van der Waals surface area contributed by atoms with Gasteiger partial charge in [-0.2, -0.15) is 15.2 Å². The molecule has 0 radical (unpaired) electrons. The molecule has 3 saturated heterocycles. The molecule has 12 heteroatoms. The number of aliphatic hydroxyl groups is 1. The highest BCUT2D eigenvalue weighted by atomic mass is 19.1. The number of carbonyl (C=O) groups is 1. The van der Waals surface area contributed by atoms with Crippen molar-refractivity contribution in [2.45, 2.75) is 70.1 Å². The SMILES string of the molecule is C#Cc1c(F)ccc2cc(O)cc(-c3c(C(C)(C)O)cc4c(N(C)C[C@H]5N(C(=O)C=C)CCC5(C)C#N)nc(OCC56CCCN5CCC6)nc4c3F)c12. The van der Waals surface area contributed by atoms with Crippen molar-refractivity contribution in [3.63, 3.8) is 0 Å². The summed E-state index contributed by atoms with van der Waals surface area (Å²) in [5.41, 5.74) is -2.93. The topological polar surface area (TPSA) is 126 Å². The van der Waals surface area contributed by atoms with Gasteiger partial charge in [-0.3, -0.25) is 9.69 Å². The number of carbonyl (C=O) groups excluding carboxylic acids is 1. The summed E-state index contributed by atoms with van der Waals surface area (Å²) in [5.74, 6) is 0.562. The van der Waals surface area contributed by atoms with Crippen LogP contribution < -0.4 is 9.64 Å². The Morgan fingerprint density at radius 3 is 2.56 bits per heavy atom. The van der Waals surface area contributed by atoms with Gasteiger partial charge in [-0.1, -0.05) is 18.6 Å². The monoisotopic (exact) mass is 734 g/mol. The van der Waals surface area contributed by atoms with E-state index in [1.807, 2.05) is 6.92 Å². The molecule has 2 atom stereocenters. The molecule has 1 amide bonds. The van der Waals surface area contributed by atoms with E-state index in [2.05, 4.69) is 28.5 Å². The average Bonchev–Trinajstić information content (AvgIpc) is 3.82. The maximum atomic E-state index is 17.7. The fraction of sp³-hybridized carbons (Fsp3) is 0.429. The summed E-state index contributed by atoms with van der Waals surface area (Å²) in [7, 11) is 1.74. The zero-order valence-electron chi connectivity index (χ0n) is 31.0. The number of likely N-dealkylation sites (N-methyl/N-ethyl adjacent to an activating group) is 1. The van der Waals surface area contributed by atoms with Gasteiger partial charge in [0.15, 0.2) is 5.82 Å². The van der Waals surface area contributed by atoms with Crippen molar-refractivity contribution in [2.24, 2.45) is 5.41 Å². The first-order valence-corrected chi connectivity index (χ1v) is 18.3. The van der Waals surface area contributed by atoms with Crippen LogP contribution in [-0.2, 0) is 10.4 Å². The van der Waals surface area contributed by atoms with Gasteiger partial charge >= 0.3 is 6.01 Å². The Morgan fingerprint density at radius 2 is 1.91 bits per heavy atom. The number of fused-ring (bicyclic) bond motifs is 3. The second kappa shape index (κ2) is 13.5. The number of benzene rings is 3. The van der Waals surface area contributed by atoms with Gasteiger partial charge < -0.3 is 24.7 Å². The van der Waals surface area contributed by atoms with Crippen LogP contribution in [0.2, 0.25) is 0 Å². The van der Waals surface area contributed by atoms with Gasteiger partial charge in [-0.25, -0.2) is 8.78 Å². The summed E-state index contributed by atoms with van der Waals surface area (Å²) in [6, 6.07) is 8.71. The number of nitriles is 1. The van der Waals surface area contributed by atoms with E-state index < -0.39 is 28.7 Å². The summed E-state index contributed by atoms with van der Waals surface area (Å²) in [5, 5.41) is 33.5. The Hall–Kier alpha value is -5.30. The Kier molecular flexibility index (Phi) is 9.28. The molecule has 3 fully saturated rings. The lowest BCUT2D eigenvalue weighted by molar-refractivity contribution is -0.127. The number of nitrogens with zero attached hydrogens (tertiary/aromatic N) is 6. The van der Waals surface area contributed by atoms with Crippen LogP contribution in [0.1, 0.15) is 64.0 Å². The summed E-state index contributed by atoms with van der Waals surface area (Å²) in [4.78, 5) is 28.3. The van der Waals surface area contributed by atoms with Crippen molar-refractivity contribution in [3.05, 3.63) is 65.7 Å². The van der Waals surface area contributed by atoms with Crippen molar-refractivity contribution in [1.29, 1.82) is 5.26 Å². The molecule has 2 N–H and O–H groups in total. The third-order valence-corrected chi connectivity index (χ3v) is 11.8. The number of phenolic OH excluding ortho intramolecular Hbond substituents is 1. The minimum Gasteiger partial charge on any atom is -0.508 e. The molecule has 1 aromatic heterocycles. The molecule has 10 nitrogen and oxygen atoms in total. The summed E-state index contributed by atoms with van der Waals surface area (Å²) in [6.45, 7) is 11.2. The molecular weight excluding hydrogens is 690 g/mol. The summed E-state index contributed by atoms with van der Waals surface area (Å²) < 4.78 is 39.3. The largest absolute Gasteiger partial charge is 0.508 e. The zero-order chi connectivity index (χ0) is 38.7. The number of hydrogen-bond acceptors (Lipinski definition) is 9. The predicted molar refractivity (Wildman–Crippen MR) is 203 cm³/mol. The molecule has 0 saturated carbocycles. The van der Waals surface area contributed by atoms with E-state index in [0.717, 1.165) is 38.8 Å². The smallest absolute Gasteiger partial charge is 0.319 e. The van der Waals surface area contributed by atoms with Gasteiger partial charge in [-0.05, 0) is 113 Å². The van der Waals surface area contributed by atoms with E-state index >= 15 is 8.78 Å². The molecule has 280 valence electrons. The number of rotatable bonds is 9. The van der Waals surface area contributed by atoms with Crippen LogP contribution >= 0.6 is 0 Å². The van der Waals surface area contributed by atoms with Crippen LogP contribution in [-0.4, -0.2) is 87.3 Å². The van der Waals surface area contributed by atoms with Gasteiger partial charge in [0.05, 0.1) is 34.2 Å². The molecule has 4 heterocycles. The van der Waals surface area contributed by atoms with Crippen molar-refractivity contribution in [1.82, 2.24) is 19.8 Å². The lowest BCUT2D eigenvalue weighted by Crippen LogP contribution is -2.47. The normalized spacial score (nSPS) is 20.9. The molecule has 7 rings (SSSR count). The van der Waals surface area contributed by atoms with Gasteiger partial charge in [0.25, 0.3) is 0 Å². The molecule has 0 bridgehead atoms. The van der Waals surface area contributed by atoms with Gasteiger partial charge in [0, 0.05) is 36.5 Å². The molecule has 1 unspecified atom stereocenters. The lowest BCUT2D eigenvalue weighted by atomic mass is 9.83. The van der Waals surface area contributed by atoms with Crippen LogP contribution in [0.5, 0.6) is 11.8 Å². The quantitative estimate of drug-likeness (QED) is 0.148. The fourth-order valence-corrected chi connectivity index (χ4v) is 8.89. The van der Waals surface area contributed by atoms with Crippen molar-refractivity contribution in [2.75, 3.05) is 44.7 Å². The van der Waals surface area contributed by atoms with Gasteiger partial charge in [-0.15, -0.1) is 6.42 Å². The summed E-state index contributed by atoms with van der Waals surface area (Å²) in [6.07, 6.45) is 11.5. The molecule has 3 aliphatic rings. The maximum Gasteiger partial charge on any atom is 0.319 e. The van der Waals surface area contributed by atoms with Crippen molar-refractivity contribution < 1.29 is 28.5 Å². The molecular formula is C42H44F2N6O4. The molecule has 3 aromatic carbocycles. The third kappa shape index (κ3) is 6.08. The highest BCUT2D eigenvalue weighted by Crippen LogP contribution is 2.46. The van der Waals surface area contributed by atoms with Gasteiger partial charge in [0.1, 0.15) is 29.5 Å².